The highest BCUT2D eigenvalue weighted by atomic mass is 32.1. The maximum absolute atomic E-state index is 13.4. The zero-order chi connectivity index (χ0) is 11.5. The molecule has 0 aliphatic heterocycles. The summed E-state index contributed by atoms with van der Waals surface area (Å²) in [6, 6.07) is 7.17. The molecule has 2 aromatic rings. The topological polar surface area (TPSA) is 16.1 Å². The molecule has 0 radical (unpaired) electrons. The highest BCUT2D eigenvalue weighted by Gasteiger charge is 2.09. The Kier molecular flexibility index (Phi) is 3.19. The van der Waals surface area contributed by atoms with Crippen molar-refractivity contribution >= 4 is 17.2 Å². The van der Waals surface area contributed by atoms with Crippen LogP contribution in [0.3, 0.4) is 0 Å². The molecule has 0 bridgehead atoms. The fourth-order valence-corrected chi connectivity index (χ4v) is 2.48. The van der Waals surface area contributed by atoms with Gasteiger partial charge in [-0.2, -0.15) is 0 Å². The molecule has 84 valence electrons. The Morgan fingerprint density at radius 1 is 1.38 bits per heavy atom. The molecule has 0 fully saturated rings. The van der Waals surface area contributed by atoms with Gasteiger partial charge in [-0.1, -0.05) is 0 Å². The Hall–Kier alpha value is -1.42. The van der Waals surface area contributed by atoms with E-state index in [0.29, 0.717) is 12.4 Å². The number of hydrogen-bond donors (Lipinski definition) is 0. The van der Waals surface area contributed by atoms with Crippen molar-refractivity contribution in [2.24, 2.45) is 0 Å². The van der Waals surface area contributed by atoms with E-state index in [-0.39, 0.29) is 5.82 Å². The second kappa shape index (κ2) is 4.61. The standard InChI is InChI=1S/C12H13FN2S/c1-9-5-6-10(16-9)8-15(2)12-11(13)4-3-7-14-12/h3-7H,8H2,1-2H3. The van der Waals surface area contributed by atoms with Gasteiger partial charge in [-0.15, -0.1) is 11.3 Å². The quantitative estimate of drug-likeness (QED) is 0.813. The third kappa shape index (κ3) is 2.39. The van der Waals surface area contributed by atoms with Crippen LogP contribution in [-0.4, -0.2) is 12.0 Å². The van der Waals surface area contributed by atoms with Gasteiger partial charge in [0, 0.05) is 23.0 Å². The van der Waals surface area contributed by atoms with Gasteiger partial charge in [0.2, 0.25) is 0 Å². The van der Waals surface area contributed by atoms with E-state index in [0.717, 1.165) is 0 Å². The van der Waals surface area contributed by atoms with Crippen molar-refractivity contribution in [3.05, 3.63) is 46.0 Å². The van der Waals surface area contributed by atoms with Gasteiger partial charge in [0.05, 0.1) is 6.54 Å². The van der Waals surface area contributed by atoms with Crippen LogP contribution in [0.15, 0.2) is 30.5 Å². The summed E-state index contributed by atoms with van der Waals surface area (Å²) in [4.78, 5) is 8.34. The number of hydrogen-bond acceptors (Lipinski definition) is 3. The van der Waals surface area contributed by atoms with E-state index in [1.165, 1.54) is 15.8 Å². The Morgan fingerprint density at radius 2 is 2.19 bits per heavy atom. The van der Waals surface area contributed by atoms with E-state index in [4.69, 9.17) is 0 Å². The van der Waals surface area contributed by atoms with Gasteiger partial charge in [-0.3, -0.25) is 0 Å². The molecule has 16 heavy (non-hydrogen) atoms. The fourth-order valence-electron chi connectivity index (χ4n) is 1.54. The predicted octanol–water partition coefficient (Wildman–Crippen LogP) is 3.23. The summed E-state index contributed by atoms with van der Waals surface area (Å²) in [7, 11) is 1.85. The largest absolute Gasteiger partial charge is 0.352 e. The summed E-state index contributed by atoms with van der Waals surface area (Å²) in [6.07, 6.45) is 1.61. The highest BCUT2D eigenvalue weighted by Crippen LogP contribution is 2.20. The van der Waals surface area contributed by atoms with E-state index >= 15 is 0 Å². The van der Waals surface area contributed by atoms with Crippen molar-refractivity contribution in [3.8, 4) is 0 Å². The third-order valence-electron chi connectivity index (χ3n) is 2.29. The molecule has 2 rings (SSSR count). The van der Waals surface area contributed by atoms with E-state index in [2.05, 4.69) is 24.0 Å². The molecule has 0 unspecified atom stereocenters. The average molecular weight is 236 g/mol. The number of nitrogens with zero attached hydrogens (tertiary/aromatic N) is 2. The molecule has 4 heteroatoms. The minimum absolute atomic E-state index is 0.279. The van der Waals surface area contributed by atoms with Gasteiger partial charge in [0.25, 0.3) is 0 Å². The van der Waals surface area contributed by atoms with Crippen LogP contribution >= 0.6 is 11.3 Å². The lowest BCUT2D eigenvalue weighted by atomic mass is 10.4. The molecule has 0 amide bonds. The predicted molar refractivity (Wildman–Crippen MR) is 65.4 cm³/mol. The number of halogens is 1. The van der Waals surface area contributed by atoms with E-state index in [1.54, 1.807) is 23.6 Å². The van der Waals surface area contributed by atoms with Crippen molar-refractivity contribution < 1.29 is 4.39 Å². The molecule has 0 aliphatic rings. The van der Waals surface area contributed by atoms with Crippen LogP contribution in [0.25, 0.3) is 0 Å². The van der Waals surface area contributed by atoms with Gasteiger partial charge < -0.3 is 4.90 Å². The van der Waals surface area contributed by atoms with E-state index in [1.807, 2.05) is 11.9 Å². The summed E-state index contributed by atoms with van der Waals surface area (Å²) in [5.41, 5.74) is 0. The second-order valence-corrected chi connectivity index (χ2v) is 5.05. The lowest BCUT2D eigenvalue weighted by Gasteiger charge is -2.17. The maximum atomic E-state index is 13.4. The SMILES string of the molecule is Cc1ccc(CN(C)c2ncccc2F)s1. The number of aromatic nitrogens is 1. The molecule has 0 saturated carbocycles. The van der Waals surface area contributed by atoms with E-state index < -0.39 is 0 Å². The monoisotopic (exact) mass is 236 g/mol. The summed E-state index contributed by atoms with van der Waals surface area (Å²) >= 11 is 1.72. The molecule has 0 aliphatic carbocycles. The van der Waals surface area contributed by atoms with Gasteiger partial charge in [0.15, 0.2) is 11.6 Å². The third-order valence-corrected chi connectivity index (χ3v) is 3.28. The van der Waals surface area contributed by atoms with Crippen molar-refractivity contribution in [3.63, 3.8) is 0 Å². The van der Waals surface area contributed by atoms with Crippen molar-refractivity contribution in [1.29, 1.82) is 0 Å². The van der Waals surface area contributed by atoms with Crippen LogP contribution in [0.5, 0.6) is 0 Å². The summed E-state index contributed by atoms with van der Waals surface area (Å²) in [6.45, 7) is 2.75. The van der Waals surface area contributed by atoms with Crippen molar-refractivity contribution in [1.82, 2.24) is 4.98 Å². The Labute approximate surface area is 98.4 Å². The van der Waals surface area contributed by atoms with Gasteiger partial charge >= 0.3 is 0 Å². The summed E-state index contributed by atoms with van der Waals surface area (Å²) in [5.74, 6) is 0.117. The van der Waals surface area contributed by atoms with Crippen LogP contribution in [0.4, 0.5) is 10.2 Å². The first kappa shape index (κ1) is 11.1. The van der Waals surface area contributed by atoms with Crippen LogP contribution < -0.4 is 4.90 Å². The lowest BCUT2D eigenvalue weighted by Crippen LogP contribution is -2.18. The lowest BCUT2D eigenvalue weighted by molar-refractivity contribution is 0.615. The molecule has 0 aromatic carbocycles. The zero-order valence-electron chi connectivity index (χ0n) is 9.27. The Morgan fingerprint density at radius 3 is 2.81 bits per heavy atom. The molecule has 2 aromatic heterocycles. The maximum Gasteiger partial charge on any atom is 0.165 e. The molecule has 0 atom stereocenters. The summed E-state index contributed by atoms with van der Waals surface area (Å²) in [5, 5.41) is 0. The number of pyridine rings is 1. The van der Waals surface area contributed by atoms with Crippen LogP contribution in [0, 0.1) is 12.7 Å². The van der Waals surface area contributed by atoms with Crippen LogP contribution in [0.2, 0.25) is 0 Å². The molecule has 2 nitrogen and oxygen atoms in total. The Balaban J connectivity index is 2.14. The molecule has 0 saturated heterocycles. The molecular formula is C12H13FN2S. The minimum atomic E-state index is -0.279. The number of aryl methyl sites for hydroxylation is 1. The second-order valence-electron chi connectivity index (χ2n) is 3.68. The highest BCUT2D eigenvalue weighted by molar-refractivity contribution is 7.11. The van der Waals surface area contributed by atoms with Crippen molar-refractivity contribution in [2.75, 3.05) is 11.9 Å². The molecule has 0 spiro atoms. The average Bonchev–Trinajstić information content (AvgIpc) is 2.64. The Bertz CT molecular complexity index is 481. The van der Waals surface area contributed by atoms with Crippen LogP contribution in [0.1, 0.15) is 9.75 Å². The number of rotatable bonds is 3. The van der Waals surface area contributed by atoms with E-state index in [9.17, 15) is 4.39 Å². The van der Waals surface area contributed by atoms with Crippen LogP contribution in [-0.2, 0) is 6.54 Å². The number of anilines is 1. The summed E-state index contributed by atoms with van der Waals surface area (Å²) < 4.78 is 13.4. The first-order valence-corrected chi connectivity index (χ1v) is 5.85. The van der Waals surface area contributed by atoms with Crippen molar-refractivity contribution in [2.45, 2.75) is 13.5 Å². The van der Waals surface area contributed by atoms with Gasteiger partial charge in [-0.05, 0) is 31.2 Å². The minimum Gasteiger partial charge on any atom is -0.352 e. The molecule has 2 heterocycles. The normalized spacial score (nSPS) is 10.4. The van der Waals surface area contributed by atoms with Gasteiger partial charge in [0.1, 0.15) is 0 Å². The first-order valence-electron chi connectivity index (χ1n) is 5.04. The first-order chi connectivity index (χ1) is 7.66. The zero-order valence-corrected chi connectivity index (χ0v) is 10.1. The smallest absolute Gasteiger partial charge is 0.165 e. The fraction of sp³-hybridized carbons (Fsp3) is 0.250. The molecular weight excluding hydrogens is 223 g/mol. The van der Waals surface area contributed by atoms with Gasteiger partial charge in [-0.25, -0.2) is 9.37 Å². The molecule has 0 N–H and O–H groups in total. The number of thiophene rings is 1.